The Morgan fingerprint density at radius 2 is 1.94 bits per heavy atom. The molecule has 1 rings (SSSR count). The smallest absolute Gasteiger partial charge is 0.120 e. The van der Waals surface area contributed by atoms with Crippen molar-refractivity contribution in [3.05, 3.63) is 29.8 Å². The molecule has 0 amide bonds. The van der Waals surface area contributed by atoms with E-state index in [1.54, 1.807) is 6.07 Å². The van der Waals surface area contributed by atoms with E-state index in [0.29, 0.717) is 18.9 Å². The predicted octanol–water partition coefficient (Wildman–Crippen LogP) is 2.30. The van der Waals surface area contributed by atoms with E-state index in [2.05, 4.69) is 5.32 Å². The van der Waals surface area contributed by atoms with E-state index in [1.165, 1.54) is 0 Å². The molecule has 3 heteroatoms. The summed E-state index contributed by atoms with van der Waals surface area (Å²) in [4.78, 5) is 0. The molecule has 0 saturated heterocycles. The summed E-state index contributed by atoms with van der Waals surface area (Å²) in [6, 6.07) is 7.35. The number of ether oxygens (including phenoxy) is 1. The maximum atomic E-state index is 9.53. The molecule has 0 unspecified atom stereocenters. The summed E-state index contributed by atoms with van der Waals surface area (Å²) in [5, 5.41) is 12.8. The fourth-order valence-corrected chi connectivity index (χ4v) is 1.31. The zero-order chi connectivity index (χ0) is 12.0. The van der Waals surface area contributed by atoms with Gasteiger partial charge in [-0.15, -0.1) is 0 Å². The summed E-state index contributed by atoms with van der Waals surface area (Å²) >= 11 is 0. The van der Waals surface area contributed by atoms with E-state index in [9.17, 15) is 5.11 Å². The molecule has 0 saturated carbocycles. The zero-order valence-electron chi connectivity index (χ0n) is 10.3. The first-order valence-corrected chi connectivity index (χ1v) is 5.60. The van der Waals surface area contributed by atoms with Gasteiger partial charge < -0.3 is 15.2 Å². The van der Waals surface area contributed by atoms with Gasteiger partial charge in [0, 0.05) is 18.7 Å². The quantitative estimate of drug-likeness (QED) is 0.753. The van der Waals surface area contributed by atoms with Crippen molar-refractivity contribution in [2.45, 2.75) is 32.9 Å². The molecule has 90 valence electrons. The average molecular weight is 223 g/mol. The minimum Gasteiger partial charge on any atom is -0.508 e. The molecule has 0 fully saturated rings. The third-order valence-corrected chi connectivity index (χ3v) is 2.12. The van der Waals surface area contributed by atoms with Gasteiger partial charge in [0.2, 0.25) is 0 Å². The average Bonchev–Trinajstić information content (AvgIpc) is 2.18. The summed E-state index contributed by atoms with van der Waals surface area (Å²) in [7, 11) is 0. The molecule has 0 radical (unpaired) electrons. The van der Waals surface area contributed by atoms with Crippen LogP contribution in [0.25, 0.3) is 0 Å². The lowest BCUT2D eigenvalue weighted by Crippen LogP contribution is -2.26. The van der Waals surface area contributed by atoms with Crippen molar-refractivity contribution in [2.75, 3.05) is 13.2 Å². The number of hydrogen-bond donors (Lipinski definition) is 2. The molecule has 0 aliphatic rings. The minimum absolute atomic E-state index is 0.0867. The molecule has 0 aliphatic heterocycles. The number of rotatable bonds is 5. The molecule has 0 atom stereocenters. The molecule has 2 N–H and O–H groups in total. The van der Waals surface area contributed by atoms with Crippen LogP contribution in [0.4, 0.5) is 0 Å². The lowest BCUT2D eigenvalue weighted by atomic mass is 10.2. The summed E-state index contributed by atoms with van der Waals surface area (Å²) < 4.78 is 5.57. The van der Waals surface area contributed by atoms with Crippen molar-refractivity contribution >= 4 is 0 Å². The molecule has 0 bridgehead atoms. The van der Waals surface area contributed by atoms with Gasteiger partial charge in [0.15, 0.2) is 0 Å². The van der Waals surface area contributed by atoms with Gasteiger partial charge in [0.05, 0.1) is 12.2 Å². The molecule has 0 aliphatic carbocycles. The van der Waals surface area contributed by atoms with Gasteiger partial charge in [-0.3, -0.25) is 0 Å². The van der Waals surface area contributed by atoms with E-state index in [1.807, 2.05) is 39.0 Å². The Hall–Kier alpha value is -1.06. The summed E-state index contributed by atoms with van der Waals surface area (Å²) in [6.07, 6.45) is 0. The second kappa shape index (κ2) is 5.87. The van der Waals surface area contributed by atoms with Crippen LogP contribution in [0.2, 0.25) is 0 Å². The van der Waals surface area contributed by atoms with Crippen molar-refractivity contribution in [2.24, 2.45) is 0 Å². The Labute approximate surface area is 97.4 Å². The Balaban J connectivity index is 2.19. The van der Waals surface area contributed by atoms with Gasteiger partial charge in [0.1, 0.15) is 5.75 Å². The van der Waals surface area contributed by atoms with E-state index in [0.717, 1.165) is 12.1 Å². The highest BCUT2D eigenvalue weighted by molar-refractivity contribution is 5.31. The fourth-order valence-electron chi connectivity index (χ4n) is 1.31. The van der Waals surface area contributed by atoms with Gasteiger partial charge in [-0.2, -0.15) is 0 Å². The van der Waals surface area contributed by atoms with Crippen molar-refractivity contribution in [3.8, 4) is 5.75 Å². The van der Waals surface area contributed by atoms with Crippen LogP contribution < -0.4 is 5.32 Å². The number of phenolic OH excluding ortho intramolecular Hbond substituents is 1. The number of phenols is 1. The Bertz CT molecular complexity index is 318. The maximum Gasteiger partial charge on any atom is 0.120 e. The highest BCUT2D eigenvalue weighted by Gasteiger charge is 2.08. The standard InChI is InChI=1S/C13H21NO2/c1-13(2,3)16-9-8-14-10-11-6-4-5-7-12(11)15/h4-7,14-15H,8-10H2,1-3H3. The van der Waals surface area contributed by atoms with Crippen LogP contribution in [0.1, 0.15) is 26.3 Å². The van der Waals surface area contributed by atoms with E-state index < -0.39 is 0 Å². The second-order valence-electron chi connectivity index (χ2n) is 4.77. The van der Waals surface area contributed by atoms with Crippen molar-refractivity contribution in [1.82, 2.24) is 5.32 Å². The molecule has 16 heavy (non-hydrogen) atoms. The monoisotopic (exact) mass is 223 g/mol. The highest BCUT2D eigenvalue weighted by atomic mass is 16.5. The van der Waals surface area contributed by atoms with Crippen molar-refractivity contribution in [1.29, 1.82) is 0 Å². The van der Waals surface area contributed by atoms with Crippen molar-refractivity contribution < 1.29 is 9.84 Å². The molecule has 0 aromatic heterocycles. The lowest BCUT2D eigenvalue weighted by Gasteiger charge is -2.19. The summed E-state index contributed by atoms with van der Waals surface area (Å²) in [5.74, 6) is 0.340. The minimum atomic E-state index is -0.0867. The van der Waals surface area contributed by atoms with Crippen LogP contribution in [0, 0.1) is 0 Å². The van der Waals surface area contributed by atoms with Gasteiger partial charge >= 0.3 is 0 Å². The maximum absolute atomic E-state index is 9.53. The highest BCUT2D eigenvalue weighted by Crippen LogP contribution is 2.14. The molecular weight excluding hydrogens is 202 g/mol. The third kappa shape index (κ3) is 5.14. The van der Waals surface area contributed by atoms with Crippen LogP contribution in [-0.2, 0) is 11.3 Å². The van der Waals surface area contributed by atoms with Gasteiger partial charge in [-0.25, -0.2) is 0 Å². The van der Waals surface area contributed by atoms with Crippen molar-refractivity contribution in [3.63, 3.8) is 0 Å². The van der Waals surface area contributed by atoms with Crippen LogP contribution in [-0.4, -0.2) is 23.9 Å². The topological polar surface area (TPSA) is 41.5 Å². The summed E-state index contributed by atoms with van der Waals surface area (Å²) in [6.45, 7) is 8.24. The van der Waals surface area contributed by atoms with Gasteiger partial charge in [0.25, 0.3) is 0 Å². The lowest BCUT2D eigenvalue weighted by molar-refractivity contribution is -0.000901. The number of aromatic hydroxyl groups is 1. The SMILES string of the molecule is CC(C)(C)OCCNCc1ccccc1O. The predicted molar refractivity (Wildman–Crippen MR) is 65.5 cm³/mol. The molecule has 0 spiro atoms. The number of hydrogen-bond acceptors (Lipinski definition) is 3. The largest absolute Gasteiger partial charge is 0.508 e. The first-order chi connectivity index (χ1) is 7.49. The Morgan fingerprint density at radius 3 is 2.56 bits per heavy atom. The second-order valence-corrected chi connectivity index (χ2v) is 4.77. The van der Waals surface area contributed by atoms with Crippen LogP contribution in [0.5, 0.6) is 5.75 Å². The van der Waals surface area contributed by atoms with Crippen LogP contribution in [0.15, 0.2) is 24.3 Å². The van der Waals surface area contributed by atoms with Crippen LogP contribution in [0.3, 0.4) is 0 Å². The molecular formula is C13H21NO2. The Kier molecular flexibility index (Phi) is 4.77. The summed E-state index contributed by atoms with van der Waals surface area (Å²) in [5.41, 5.74) is 0.828. The van der Waals surface area contributed by atoms with E-state index >= 15 is 0 Å². The van der Waals surface area contributed by atoms with Gasteiger partial charge in [-0.1, -0.05) is 18.2 Å². The fraction of sp³-hybridized carbons (Fsp3) is 0.538. The molecule has 1 aromatic carbocycles. The van der Waals surface area contributed by atoms with Crippen LogP contribution >= 0.6 is 0 Å². The normalized spacial score (nSPS) is 11.7. The first-order valence-electron chi connectivity index (χ1n) is 5.60. The van der Waals surface area contributed by atoms with E-state index in [4.69, 9.17) is 4.74 Å². The number of nitrogens with one attached hydrogen (secondary N) is 1. The molecule has 3 nitrogen and oxygen atoms in total. The number of benzene rings is 1. The first kappa shape index (κ1) is 13.0. The van der Waals surface area contributed by atoms with E-state index in [-0.39, 0.29) is 5.60 Å². The number of para-hydroxylation sites is 1. The van der Waals surface area contributed by atoms with Gasteiger partial charge in [-0.05, 0) is 26.8 Å². The molecule has 1 aromatic rings. The molecule has 0 heterocycles. The third-order valence-electron chi connectivity index (χ3n) is 2.12. The Morgan fingerprint density at radius 1 is 1.25 bits per heavy atom. The zero-order valence-corrected chi connectivity index (χ0v) is 10.3.